The van der Waals surface area contributed by atoms with E-state index < -0.39 is 40.2 Å². The van der Waals surface area contributed by atoms with Crippen LogP contribution in [0.25, 0.3) is 0 Å². The van der Waals surface area contributed by atoms with Crippen molar-refractivity contribution in [2.24, 2.45) is 0 Å². The van der Waals surface area contributed by atoms with Crippen LogP contribution in [0.4, 0.5) is 5.82 Å². The molecule has 0 bridgehead atoms. The molecule has 144 valence electrons. The second-order valence-electron chi connectivity index (χ2n) is 6.23. The number of rotatable bonds is 2. The van der Waals surface area contributed by atoms with Gasteiger partial charge < -0.3 is 15.5 Å². The SMILES string of the molecule is O=C(Nc1cc(=O)[nH]c(=O)[nH]1)c1cc(O)c2c(c1)C(=O)c1cccc(O)c1C2=O. The molecule has 29 heavy (non-hydrogen) atoms. The smallest absolute Gasteiger partial charge is 0.327 e. The molecule has 1 heterocycles. The summed E-state index contributed by atoms with van der Waals surface area (Å²) < 4.78 is 0. The van der Waals surface area contributed by atoms with Crippen molar-refractivity contribution in [1.29, 1.82) is 0 Å². The Morgan fingerprint density at radius 3 is 2.28 bits per heavy atom. The van der Waals surface area contributed by atoms with E-state index in [4.69, 9.17) is 0 Å². The minimum Gasteiger partial charge on any atom is -0.507 e. The highest BCUT2D eigenvalue weighted by Crippen LogP contribution is 2.37. The molecule has 0 saturated heterocycles. The average Bonchev–Trinajstić information content (AvgIpc) is 2.64. The quantitative estimate of drug-likeness (QED) is 0.330. The number of phenolic OH excluding ortho intramolecular Hbond substituents is 2. The van der Waals surface area contributed by atoms with E-state index in [9.17, 15) is 34.2 Å². The summed E-state index contributed by atoms with van der Waals surface area (Å²) in [4.78, 5) is 64.7. The summed E-state index contributed by atoms with van der Waals surface area (Å²) in [7, 11) is 0. The molecule has 0 radical (unpaired) electrons. The van der Waals surface area contributed by atoms with Gasteiger partial charge in [0.15, 0.2) is 5.78 Å². The van der Waals surface area contributed by atoms with Crippen molar-refractivity contribution < 1.29 is 24.6 Å². The van der Waals surface area contributed by atoms with E-state index in [1.807, 2.05) is 4.98 Å². The topological polar surface area (TPSA) is 169 Å². The molecular formula is C19H11N3O7. The molecule has 10 nitrogen and oxygen atoms in total. The Hall–Kier alpha value is -4.47. The second kappa shape index (κ2) is 6.30. The first kappa shape index (κ1) is 17.9. The number of nitrogens with one attached hydrogen (secondary N) is 3. The zero-order valence-corrected chi connectivity index (χ0v) is 14.4. The Labute approximate surface area is 160 Å². The number of aromatic nitrogens is 2. The predicted octanol–water partition coefficient (Wildman–Crippen LogP) is 0.502. The number of H-pyrrole nitrogens is 2. The Balaban J connectivity index is 1.79. The Morgan fingerprint density at radius 1 is 0.828 bits per heavy atom. The lowest BCUT2D eigenvalue weighted by atomic mass is 9.82. The summed E-state index contributed by atoms with van der Waals surface area (Å²) in [5.41, 5.74) is -2.58. The fourth-order valence-corrected chi connectivity index (χ4v) is 3.14. The molecule has 0 unspecified atom stereocenters. The highest BCUT2D eigenvalue weighted by atomic mass is 16.3. The number of amides is 1. The fraction of sp³-hybridized carbons (Fsp3) is 0. The van der Waals surface area contributed by atoms with Crippen molar-refractivity contribution in [1.82, 2.24) is 9.97 Å². The summed E-state index contributed by atoms with van der Waals surface area (Å²) in [5, 5.41) is 22.5. The first-order chi connectivity index (χ1) is 13.8. The lowest BCUT2D eigenvalue weighted by Crippen LogP contribution is -2.25. The van der Waals surface area contributed by atoms with Crippen LogP contribution in [-0.2, 0) is 0 Å². The zero-order chi connectivity index (χ0) is 20.9. The third-order valence-electron chi connectivity index (χ3n) is 4.37. The molecule has 1 amide bonds. The second-order valence-corrected chi connectivity index (χ2v) is 6.23. The van der Waals surface area contributed by atoms with Gasteiger partial charge in [-0.2, -0.15) is 0 Å². The molecule has 0 spiro atoms. The standard InChI is InChI=1S/C19H11N3O7/c23-10-3-1-2-8-14(10)17(27)15-9(16(8)26)4-7(5-11(15)24)18(28)20-12-6-13(25)22-19(29)21-12/h1-6,23-24H,(H3,20,21,22,25,28,29). The molecule has 3 aromatic rings. The number of carbonyl (C=O) groups excluding carboxylic acids is 3. The summed E-state index contributed by atoms with van der Waals surface area (Å²) in [6.07, 6.45) is 0. The van der Waals surface area contributed by atoms with Crippen LogP contribution >= 0.6 is 0 Å². The van der Waals surface area contributed by atoms with Crippen LogP contribution in [0.3, 0.4) is 0 Å². The number of aromatic hydroxyl groups is 2. The van der Waals surface area contributed by atoms with Gasteiger partial charge in [0.05, 0.1) is 11.1 Å². The number of aromatic amines is 2. The van der Waals surface area contributed by atoms with Crippen molar-refractivity contribution in [3.05, 3.63) is 85.1 Å². The van der Waals surface area contributed by atoms with Crippen LogP contribution in [0.15, 0.2) is 46.0 Å². The molecule has 0 fully saturated rings. The Morgan fingerprint density at radius 2 is 1.55 bits per heavy atom. The van der Waals surface area contributed by atoms with Crippen LogP contribution in [0.2, 0.25) is 0 Å². The number of fused-ring (bicyclic) bond motifs is 2. The number of phenols is 2. The number of ketones is 2. The largest absolute Gasteiger partial charge is 0.507 e. The van der Waals surface area contributed by atoms with Crippen molar-refractivity contribution >= 4 is 23.3 Å². The van der Waals surface area contributed by atoms with Crippen LogP contribution in [0.1, 0.15) is 42.2 Å². The van der Waals surface area contributed by atoms with E-state index in [1.165, 1.54) is 18.2 Å². The summed E-state index contributed by atoms with van der Waals surface area (Å²) in [6, 6.07) is 7.01. The average molecular weight is 393 g/mol. The van der Waals surface area contributed by atoms with Crippen molar-refractivity contribution in [2.75, 3.05) is 5.32 Å². The van der Waals surface area contributed by atoms with Crippen molar-refractivity contribution in [3.63, 3.8) is 0 Å². The molecule has 2 aromatic carbocycles. The van der Waals surface area contributed by atoms with Gasteiger partial charge in [0.2, 0.25) is 5.78 Å². The number of hydrogen-bond acceptors (Lipinski definition) is 7. The van der Waals surface area contributed by atoms with E-state index in [-0.39, 0.29) is 33.6 Å². The molecule has 1 aromatic heterocycles. The van der Waals surface area contributed by atoms with Gasteiger partial charge in [-0.05, 0) is 18.2 Å². The maximum absolute atomic E-state index is 12.8. The normalized spacial score (nSPS) is 12.3. The summed E-state index contributed by atoms with van der Waals surface area (Å²) >= 11 is 0. The van der Waals surface area contributed by atoms with E-state index in [1.54, 1.807) is 0 Å². The highest BCUT2D eigenvalue weighted by molar-refractivity contribution is 6.30. The third-order valence-corrected chi connectivity index (χ3v) is 4.37. The van der Waals surface area contributed by atoms with E-state index in [2.05, 4.69) is 10.3 Å². The van der Waals surface area contributed by atoms with Crippen molar-refractivity contribution in [3.8, 4) is 11.5 Å². The van der Waals surface area contributed by atoms with Gasteiger partial charge in [-0.3, -0.25) is 29.1 Å². The summed E-state index contributed by atoms with van der Waals surface area (Å²) in [5.74, 6) is -3.47. The van der Waals surface area contributed by atoms with Gasteiger partial charge in [0.1, 0.15) is 17.3 Å². The van der Waals surface area contributed by atoms with E-state index in [0.717, 1.165) is 18.2 Å². The minimum absolute atomic E-state index is 0.0571. The number of carbonyl (C=O) groups is 3. The van der Waals surface area contributed by atoms with Crippen LogP contribution in [0.5, 0.6) is 11.5 Å². The van der Waals surface area contributed by atoms with Gasteiger partial charge in [0, 0.05) is 22.8 Å². The number of anilines is 1. The molecule has 10 heteroatoms. The zero-order valence-electron chi connectivity index (χ0n) is 14.4. The van der Waals surface area contributed by atoms with Crippen LogP contribution < -0.4 is 16.6 Å². The van der Waals surface area contributed by atoms with Gasteiger partial charge in [-0.15, -0.1) is 0 Å². The Kier molecular flexibility index (Phi) is 3.89. The first-order valence-corrected chi connectivity index (χ1v) is 8.19. The molecular weight excluding hydrogens is 382 g/mol. The summed E-state index contributed by atoms with van der Waals surface area (Å²) in [6.45, 7) is 0. The molecule has 0 atom stereocenters. The fourth-order valence-electron chi connectivity index (χ4n) is 3.14. The van der Waals surface area contributed by atoms with Gasteiger partial charge in [-0.25, -0.2) is 4.79 Å². The lowest BCUT2D eigenvalue weighted by molar-refractivity contribution is 0.0972. The van der Waals surface area contributed by atoms with Gasteiger partial charge in [-0.1, -0.05) is 12.1 Å². The maximum Gasteiger partial charge on any atom is 0.327 e. The molecule has 5 N–H and O–H groups in total. The molecule has 4 rings (SSSR count). The third kappa shape index (κ3) is 2.88. The molecule has 1 aliphatic carbocycles. The maximum atomic E-state index is 12.8. The molecule has 0 aliphatic heterocycles. The minimum atomic E-state index is -0.841. The van der Waals surface area contributed by atoms with Crippen molar-refractivity contribution in [2.45, 2.75) is 0 Å². The first-order valence-electron chi connectivity index (χ1n) is 8.19. The molecule has 0 saturated carbocycles. The lowest BCUT2D eigenvalue weighted by Gasteiger charge is -2.20. The van der Waals surface area contributed by atoms with E-state index >= 15 is 0 Å². The Bertz CT molecular complexity index is 1320. The number of hydrogen-bond donors (Lipinski definition) is 5. The van der Waals surface area contributed by atoms with E-state index in [0.29, 0.717) is 0 Å². The van der Waals surface area contributed by atoms with Crippen LogP contribution in [-0.4, -0.2) is 37.7 Å². The van der Waals surface area contributed by atoms with Gasteiger partial charge >= 0.3 is 5.69 Å². The van der Waals surface area contributed by atoms with Crippen LogP contribution in [0, 0.1) is 0 Å². The highest BCUT2D eigenvalue weighted by Gasteiger charge is 2.35. The molecule has 1 aliphatic rings. The predicted molar refractivity (Wildman–Crippen MR) is 98.7 cm³/mol. The monoisotopic (exact) mass is 393 g/mol. The van der Waals surface area contributed by atoms with Gasteiger partial charge in [0.25, 0.3) is 11.5 Å². The number of benzene rings is 2.